The lowest BCUT2D eigenvalue weighted by Crippen LogP contribution is -2.37. The van der Waals surface area contributed by atoms with E-state index in [1.165, 1.54) is 0 Å². The molecule has 1 aliphatic carbocycles. The van der Waals surface area contributed by atoms with Gasteiger partial charge in [-0.2, -0.15) is 9.29 Å². The Morgan fingerprint density at radius 2 is 1.75 bits per heavy atom. The average molecular weight is 427 g/mol. The molecule has 1 aromatic carbocycles. The molecule has 0 bridgehead atoms. The van der Waals surface area contributed by atoms with Gasteiger partial charge >= 0.3 is 0 Å². The summed E-state index contributed by atoms with van der Waals surface area (Å²) in [4.78, 5) is 4.76. The molecular formula is C19H27ClN4O3S. The van der Waals surface area contributed by atoms with Gasteiger partial charge in [0.2, 0.25) is 10.0 Å². The lowest BCUT2D eigenvalue weighted by Gasteiger charge is -2.29. The molecule has 1 aromatic heterocycles. The second-order valence-electron chi connectivity index (χ2n) is 7.90. The molecule has 1 aliphatic heterocycles. The van der Waals surface area contributed by atoms with E-state index in [1.54, 1.807) is 28.6 Å². The third kappa shape index (κ3) is 3.96. The van der Waals surface area contributed by atoms with Crippen LogP contribution in [0.15, 0.2) is 33.7 Å². The van der Waals surface area contributed by atoms with Crippen LogP contribution in [-0.4, -0.2) is 36.0 Å². The van der Waals surface area contributed by atoms with Crippen molar-refractivity contribution in [2.75, 3.05) is 13.1 Å². The highest BCUT2D eigenvalue weighted by molar-refractivity contribution is 7.89. The molecule has 1 saturated heterocycles. The molecule has 0 amide bonds. The van der Waals surface area contributed by atoms with Crippen LogP contribution in [0.3, 0.4) is 0 Å². The molecule has 0 unspecified atom stereocenters. The largest absolute Gasteiger partial charge is 0.334 e. The number of halogens is 1. The molecule has 154 valence electrons. The normalized spacial score (nSPS) is 20.8. The summed E-state index contributed by atoms with van der Waals surface area (Å²) in [5.74, 6) is 1.49. The zero-order chi connectivity index (χ0) is 19.1. The fourth-order valence-corrected chi connectivity index (χ4v) is 5.39. The van der Waals surface area contributed by atoms with Crippen LogP contribution in [0.5, 0.6) is 0 Å². The minimum atomic E-state index is -3.46. The van der Waals surface area contributed by atoms with E-state index < -0.39 is 15.6 Å². The van der Waals surface area contributed by atoms with Gasteiger partial charge in [0, 0.05) is 18.7 Å². The number of rotatable bonds is 4. The van der Waals surface area contributed by atoms with Gasteiger partial charge in [0.25, 0.3) is 5.89 Å². The van der Waals surface area contributed by atoms with E-state index in [9.17, 15) is 8.42 Å². The van der Waals surface area contributed by atoms with Crippen molar-refractivity contribution >= 4 is 22.4 Å². The minimum Gasteiger partial charge on any atom is -0.334 e. The van der Waals surface area contributed by atoms with Crippen LogP contribution in [0.4, 0.5) is 0 Å². The summed E-state index contributed by atoms with van der Waals surface area (Å²) in [6.07, 6.45) is 5.67. The van der Waals surface area contributed by atoms with E-state index in [-0.39, 0.29) is 12.4 Å². The molecule has 2 heterocycles. The summed E-state index contributed by atoms with van der Waals surface area (Å²) in [6.45, 7) is 3.32. The Balaban J connectivity index is 0.00000225. The standard InChI is InChI=1S/C19H26N4O3S.ClH/c1-14-8-12-23(13-9-14)27(24,25)16-6-4-15(5-7-16)17-21-18(22-26-17)19(20)10-2-3-11-19;/h4-7,14H,2-3,8-13,20H2,1H3;1H. The van der Waals surface area contributed by atoms with Gasteiger partial charge in [-0.25, -0.2) is 8.42 Å². The van der Waals surface area contributed by atoms with Crippen molar-refractivity contribution in [3.8, 4) is 11.5 Å². The molecule has 9 heteroatoms. The Morgan fingerprint density at radius 1 is 1.14 bits per heavy atom. The first-order valence-electron chi connectivity index (χ1n) is 9.62. The van der Waals surface area contributed by atoms with E-state index in [0.717, 1.165) is 38.5 Å². The van der Waals surface area contributed by atoms with E-state index in [0.29, 0.717) is 41.2 Å². The van der Waals surface area contributed by atoms with Crippen LogP contribution < -0.4 is 5.73 Å². The van der Waals surface area contributed by atoms with Gasteiger partial charge in [0.05, 0.1) is 10.4 Å². The van der Waals surface area contributed by atoms with E-state index in [2.05, 4.69) is 17.1 Å². The first-order valence-corrected chi connectivity index (χ1v) is 11.1. The van der Waals surface area contributed by atoms with Gasteiger partial charge in [-0.3, -0.25) is 0 Å². The van der Waals surface area contributed by atoms with Crippen molar-refractivity contribution in [1.82, 2.24) is 14.4 Å². The number of hydrogen-bond acceptors (Lipinski definition) is 6. The summed E-state index contributed by atoms with van der Waals surface area (Å²) in [5.41, 5.74) is 6.57. The predicted octanol–water partition coefficient (Wildman–Crippen LogP) is 3.31. The number of aromatic nitrogens is 2. The van der Waals surface area contributed by atoms with Gasteiger partial charge in [-0.05, 0) is 55.9 Å². The monoisotopic (exact) mass is 426 g/mol. The molecule has 0 atom stereocenters. The third-order valence-electron chi connectivity index (χ3n) is 5.85. The van der Waals surface area contributed by atoms with E-state index in [4.69, 9.17) is 10.3 Å². The Hall–Kier alpha value is -1.48. The molecule has 4 rings (SSSR count). The highest BCUT2D eigenvalue weighted by atomic mass is 35.5. The second-order valence-corrected chi connectivity index (χ2v) is 9.84. The molecule has 2 aliphatic rings. The summed E-state index contributed by atoms with van der Waals surface area (Å²) in [7, 11) is -3.46. The summed E-state index contributed by atoms with van der Waals surface area (Å²) in [6, 6.07) is 6.66. The number of benzene rings is 1. The van der Waals surface area contributed by atoms with Gasteiger partial charge in [0.1, 0.15) is 0 Å². The predicted molar refractivity (Wildman–Crippen MR) is 108 cm³/mol. The number of hydrogen-bond donors (Lipinski definition) is 1. The topological polar surface area (TPSA) is 102 Å². The molecule has 2 N–H and O–H groups in total. The molecule has 0 spiro atoms. The van der Waals surface area contributed by atoms with Gasteiger partial charge < -0.3 is 10.3 Å². The lowest BCUT2D eigenvalue weighted by molar-refractivity contribution is 0.288. The number of sulfonamides is 1. The molecule has 2 aromatic rings. The van der Waals surface area contributed by atoms with Gasteiger partial charge in [0.15, 0.2) is 5.82 Å². The maximum atomic E-state index is 12.8. The zero-order valence-electron chi connectivity index (χ0n) is 16.0. The Kier molecular flexibility index (Phi) is 6.14. The van der Waals surface area contributed by atoms with Crippen LogP contribution in [-0.2, 0) is 15.6 Å². The SMILES string of the molecule is CC1CCN(S(=O)(=O)c2ccc(-c3nc(C4(N)CCCC4)no3)cc2)CC1.Cl. The highest BCUT2D eigenvalue weighted by Crippen LogP contribution is 2.35. The van der Waals surface area contributed by atoms with Gasteiger partial charge in [-0.15, -0.1) is 12.4 Å². The lowest BCUT2D eigenvalue weighted by atomic mass is 9.99. The van der Waals surface area contributed by atoms with Crippen molar-refractivity contribution < 1.29 is 12.9 Å². The smallest absolute Gasteiger partial charge is 0.257 e. The third-order valence-corrected chi connectivity index (χ3v) is 7.76. The molecule has 1 saturated carbocycles. The Bertz CT molecular complexity index is 900. The van der Waals surface area contributed by atoms with Crippen LogP contribution in [0.2, 0.25) is 0 Å². The Morgan fingerprint density at radius 3 is 2.36 bits per heavy atom. The highest BCUT2D eigenvalue weighted by Gasteiger charge is 2.36. The van der Waals surface area contributed by atoms with E-state index >= 15 is 0 Å². The van der Waals surface area contributed by atoms with Crippen molar-refractivity contribution in [2.45, 2.75) is 55.9 Å². The Labute approximate surface area is 172 Å². The van der Waals surface area contributed by atoms with Crippen molar-refractivity contribution in [3.63, 3.8) is 0 Å². The average Bonchev–Trinajstić information content (AvgIpc) is 3.32. The quantitative estimate of drug-likeness (QED) is 0.804. The van der Waals surface area contributed by atoms with Crippen molar-refractivity contribution in [3.05, 3.63) is 30.1 Å². The summed E-state index contributed by atoms with van der Waals surface area (Å²) >= 11 is 0. The van der Waals surface area contributed by atoms with Crippen LogP contribution in [0.25, 0.3) is 11.5 Å². The zero-order valence-corrected chi connectivity index (χ0v) is 17.6. The second kappa shape index (κ2) is 8.10. The first-order chi connectivity index (χ1) is 12.9. The minimum absolute atomic E-state index is 0. The van der Waals surface area contributed by atoms with Gasteiger partial charge in [-0.1, -0.05) is 24.9 Å². The number of piperidine rings is 1. The van der Waals surface area contributed by atoms with Crippen LogP contribution >= 0.6 is 12.4 Å². The summed E-state index contributed by atoms with van der Waals surface area (Å²) < 4.78 is 32.6. The van der Waals surface area contributed by atoms with Crippen LogP contribution in [0, 0.1) is 5.92 Å². The molecule has 7 nitrogen and oxygen atoms in total. The first kappa shape index (κ1) is 21.2. The maximum Gasteiger partial charge on any atom is 0.257 e. The summed E-state index contributed by atoms with van der Waals surface area (Å²) in [5, 5.41) is 4.06. The molecular weight excluding hydrogens is 400 g/mol. The van der Waals surface area contributed by atoms with Crippen molar-refractivity contribution in [2.24, 2.45) is 11.7 Å². The molecule has 2 fully saturated rings. The number of nitrogens with two attached hydrogens (primary N) is 1. The number of nitrogens with zero attached hydrogens (tertiary/aromatic N) is 3. The fourth-order valence-electron chi connectivity index (χ4n) is 3.92. The van der Waals surface area contributed by atoms with Crippen molar-refractivity contribution in [1.29, 1.82) is 0 Å². The molecule has 0 radical (unpaired) electrons. The molecule has 28 heavy (non-hydrogen) atoms. The maximum absolute atomic E-state index is 12.8. The fraction of sp³-hybridized carbons (Fsp3) is 0.579. The van der Waals surface area contributed by atoms with Crippen LogP contribution in [0.1, 0.15) is 51.3 Å². The van der Waals surface area contributed by atoms with E-state index in [1.807, 2.05) is 0 Å².